The smallest absolute Gasteiger partial charge is 0.380 e. The summed E-state index contributed by atoms with van der Waals surface area (Å²) < 4.78 is 43.2. The number of hydrogen-bond donors (Lipinski definition) is 2. The summed E-state index contributed by atoms with van der Waals surface area (Å²) in [5.74, 6) is 0.538. The quantitative estimate of drug-likeness (QED) is 0.847. The zero-order valence-electron chi connectivity index (χ0n) is 13.5. The summed E-state index contributed by atoms with van der Waals surface area (Å²) in [4.78, 5) is 12.0. The van der Waals surface area contributed by atoms with Crippen LogP contribution in [0.15, 0.2) is 24.3 Å². The molecule has 1 aromatic carbocycles. The molecule has 26 heavy (non-hydrogen) atoms. The van der Waals surface area contributed by atoms with Gasteiger partial charge in [0.1, 0.15) is 5.01 Å². The van der Waals surface area contributed by atoms with Gasteiger partial charge in [-0.05, 0) is 24.5 Å². The lowest BCUT2D eigenvalue weighted by Gasteiger charge is -2.11. The molecule has 0 radical (unpaired) electrons. The van der Waals surface area contributed by atoms with E-state index in [-0.39, 0.29) is 16.6 Å². The number of halogens is 3. The predicted molar refractivity (Wildman–Crippen MR) is 88.7 cm³/mol. The number of alkyl halides is 3. The van der Waals surface area contributed by atoms with E-state index in [1.54, 1.807) is 0 Å². The van der Waals surface area contributed by atoms with Crippen molar-refractivity contribution in [2.24, 2.45) is 11.3 Å². The minimum absolute atomic E-state index is 0.0872. The van der Waals surface area contributed by atoms with Gasteiger partial charge in [0, 0.05) is 17.5 Å². The van der Waals surface area contributed by atoms with Crippen molar-refractivity contribution in [2.45, 2.75) is 12.6 Å². The molecule has 2 fully saturated rings. The maximum atomic E-state index is 12.6. The molecule has 2 aromatic rings. The lowest BCUT2D eigenvalue weighted by molar-refractivity contribution is -0.137. The zero-order chi connectivity index (χ0) is 18.4. The Kier molecular flexibility index (Phi) is 4.11. The van der Waals surface area contributed by atoms with Gasteiger partial charge < -0.3 is 10.1 Å². The Morgan fingerprint density at radius 3 is 2.69 bits per heavy atom. The van der Waals surface area contributed by atoms with Crippen LogP contribution in [-0.2, 0) is 10.9 Å². The summed E-state index contributed by atoms with van der Waals surface area (Å²) in [5, 5.41) is 13.9. The number of nitrogens with one attached hydrogen (secondary N) is 2. The molecule has 6 nitrogen and oxygen atoms in total. The van der Waals surface area contributed by atoms with Crippen molar-refractivity contribution in [3.05, 3.63) is 29.8 Å². The Hall–Kier alpha value is -2.20. The molecular formula is C16H15F3N4O2S. The highest BCUT2D eigenvalue weighted by Gasteiger charge is 2.58. The van der Waals surface area contributed by atoms with Crippen LogP contribution >= 0.6 is 11.3 Å². The van der Waals surface area contributed by atoms with Crippen molar-refractivity contribution in [1.29, 1.82) is 0 Å². The van der Waals surface area contributed by atoms with Crippen LogP contribution in [0.2, 0.25) is 0 Å². The van der Waals surface area contributed by atoms with Gasteiger partial charge in [0.2, 0.25) is 5.13 Å². The van der Waals surface area contributed by atoms with Crippen LogP contribution in [0, 0.1) is 11.3 Å². The molecule has 1 saturated heterocycles. The van der Waals surface area contributed by atoms with Crippen LogP contribution in [0.25, 0.3) is 10.6 Å². The number of ether oxygens (including phenoxy) is 1. The summed E-state index contributed by atoms with van der Waals surface area (Å²) in [7, 11) is 0. The third-order valence-electron chi connectivity index (χ3n) is 4.77. The van der Waals surface area contributed by atoms with E-state index in [4.69, 9.17) is 4.74 Å². The van der Waals surface area contributed by atoms with Crippen LogP contribution in [0.1, 0.15) is 12.0 Å². The number of amides is 2. The van der Waals surface area contributed by atoms with Crippen molar-refractivity contribution in [3.63, 3.8) is 0 Å². The Morgan fingerprint density at radius 1 is 1.31 bits per heavy atom. The number of carbonyl (C=O) groups is 1. The van der Waals surface area contributed by atoms with Gasteiger partial charge in [-0.25, -0.2) is 4.79 Å². The molecule has 2 atom stereocenters. The fourth-order valence-electron chi connectivity index (χ4n) is 3.11. The molecule has 0 bridgehead atoms. The average Bonchev–Trinajstić information content (AvgIpc) is 2.95. The van der Waals surface area contributed by atoms with Gasteiger partial charge >= 0.3 is 12.2 Å². The first-order valence-corrected chi connectivity index (χ1v) is 8.81. The molecule has 4 rings (SSSR count). The number of urea groups is 1. The normalized spacial score (nSPS) is 24.2. The summed E-state index contributed by atoms with van der Waals surface area (Å²) in [6.07, 6.45) is -3.31. The summed E-state index contributed by atoms with van der Waals surface area (Å²) >= 11 is 1.10. The highest BCUT2D eigenvalue weighted by Crippen LogP contribution is 2.56. The first-order chi connectivity index (χ1) is 12.4. The molecule has 2 N–H and O–H groups in total. The Morgan fingerprint density at radius 2 is 2.08 bits per heavy atom. The summed E-state index contributed by atoms with van der Waals surface area (Å²) in [6, 6.07) is 4.27. The van der Waals surface area contributed by atoms with Crippen molar-refractivity contribution >= 4 is 22.5 Å². The molecule has 1 aromatic heterocycles. The van der Waals surface area contributed by atoms with Crippen molar-refractivity contribution in [2.75, 3.05) is 25.1 Å². The number of nitrogens with zero attached hydrogens (tertiary/aromatic N) is 2. The largest absolute Gasteiger partial charge is 0.416 e. The second-order valence-electron chi connectivity index (χ2n) is 6.57. The number of benzene rings is 1. The molecule has 10 heteroatoms. The minimum Gasteiger partial charge on any atom is -0.380 e. The fraction of sp³-hybridized carbons (Fsp3) is 0.438. The van der Waals surface area contributed by atoms with Crippen LogP contribution in [-0.4, -0.2) is 36.0 Å². The van der Waals surface area contributed by atoms with E-state index in [0.717, 1.165) is 36.5 Å². The lowest BCUT2D eigenvalue weighted by Crippen LogP contribution is -2.35. The molecule has 1 saturated carbocycles. The molecule has 138 valence electrons. The highest BCUT2D eigenvalue weighted by molar-refractivity contribution is 7.18. The van der Waals surface area contributed by atoms with E-state index in [2.05, 4.69) is 20.8 Å². The Bertz CT molecular complexity index is 824. The molecular weight excluding hydrogens is 369 g/mol. The summed E-state index contributed by atoms with van der Waals surface area (Å²) in [6.45, 7) is 1.99. The van der Waals surface area contributed by atoms with Gasteiger partial charge in [0.25, 0.3) is 0 Å². The van der Waals surface area contributed by atoms with Crippen LogP contribution in [0.4, 0.5) is 23.1 Å². The zero-order valence-corrected chi connectivity index (χ0v) is 14.3. The number of hydrogen-bond acceptors (Lipinski definition) is 5. The average molecular weight is 384 g/mol. The van der Waals surface area contributed by atoms with Crippen molar-refractivity contribution < 1.29 is 22.7 Å². The second-order valence-corrected chi connectivity index (χ2v) is 7.55. The van der Waals surface area contributed by atoms with Gasteiger partial charge in [-0.2, -0.15) is 13.2 Å². The predicted octanol–water partition coefficient (Wildman–Crippen LogP) is 3.38. The third kappa shape index (κ3) is 3.38. The van der Waals surface area contributed by atoms with Crippen LogP contribution in [0.3, 0.4) is 0 Å². The third-order valence-corrected chi connectivity index (χ3v) is 5.66. The van der Waals surface area contributed by atoms with E-state index < -0.39 is 11.7 Å². The number of carbonyl (C=O) groups excluding carboxylic acids is 1. The van der Waals surface area contributed by atoms with Gasteiger partial charge in [0.05, 0.1) is 18.8 Å². The Balaban J connectivity index is 1.34. The highest BCUT2D eigenvalue weighted by atomic mass is 32.1. The maximum absolute atomic E-state index is 12.6. The fourth-order valence-corrected chi connectivity index (χ4v) is 3.85. The standard InChI is InChI=1S/C16H15F3N4O2S/c17-16(18,19)10-3-1-9(2-4-10)12-22-23-14(26-12)21-13(24)20-7-15-5-11(15)6-25-8-15/h1-4,11H,5-8H2,(H2,20,21,23,24)/t11-,15-/m0/s1. The topological polar surface area (TPSA) is 76.1 Å². The van der Waals surface area contributed by atoms with Gasteiger partial charge in [-0.1, -0.05) is 23.5 Å². The molecule has 1 aliphatic heterocycles. The maximum Gasteiger partial charge on any atom is 0.416 e. The van der Waals surface area contributed by atoms with Gasteiger partial charge in [-0.3, -0.25) is 5.32 Å². The number of anilines is 1. The summed E-state index contributed by atoms with van der Waals surface area (Å²) in [5.41, 5.74) is -0.131. The van der Waals surface area contributed by atoms with Crippen molar-refractivity contribution in [1.82, 2.24) is 15.5 Å². The molecule has 0 spiro atoms. The first-order valence-electron chi connectivity index (χ1n) is 7.99. The Labute approximate surface area is 150 Å². The van der Waals surface area contributed by atoms with E-state index in [1.165, 1.54) is 12.1 Å². The molecule has 2 amide bonds. The second kappa shape index (κ2) is 6.20. The minimum atomic E-state index is -4.38. The monoisotopic (exact) mass is 384 g/mol. The number of fused-ring (bicyclic) bond motifs is 1. The van der Waals surface area contributed by atoms with E-state index in [1.807, 2.05) is 0 Å². The molecule has 1 aliphatic carbocycles. The SMILES string of the molecule is O=C(NC[C@@]12COC[C@@H]1C2)Nc1nnc(-c2ccc(C(F)(F)F)cc2)s1. The number of rotatable bonds is 4. The number of aromatic nitrogens is 2. The lowest BCUT2D eigenvalue weighted by atomic mass is 10.1. The van der Waals surface area contributed by atoms with Crippen LogP contribution < -0.4 is 10.6 Å². The molecule has 2 aliphatic rings. The van der Waals surface area contributed by atoms with Gasteiger partial charge in [0.15, 0.2) is 0 Å². The molecule has 2 heterocycles. The molecule has 0 unspecified atom stereocenters. The van der Waals surface area contributed by atoms with Crippen LogP contribution in [0.5, 0.6) is 0 Å². The van der Waals surface area contributed by atoms with E-state index in [9.17, 15) is 18.0 Å². The first kappa shape index (κ1) is 17.2. The van der Waals surface area contributed by atoms with Crippen molar-refractivity contribution in [3.8, 4) is 10.6 Å². The van der Waals surface area contributed by atoms with Gasteiger partial charge in [-0.15, -0.1) is 10.2 Å². The van der Waals surface area contributed by atoms with E-state index >= 15 is 0 Å². The van der Waals surface area contributed by atoms with E-state index in [0.29, 0.717) is 29.6 Å².